The third-order valence-corrected chi connectivity index (χ3v) is 5.36. The monoisotopic (exact) mass is 467 g/mol. The summed E-state index contributed by atoms with van der Waals surface area (Å²) >= 11 is 4.81. The number of nitrogens with zero attached hydrogens (tertiary/aromatic N) is 2. The van der Waals surface area contributed by atoms with Crippen LogP contribution in [0.25, 0.3) is 11.3 Å². The first kappa shape index (κ1) is 19.1. The van der Waals surface area contributed by atoms with Gasteiger partial charge in [-0.1, -0.05) is 53.8 Å². The Bertz CT molecular complexity index is 1160. The van der Waals surface area contributed by atoms with E-state index < -0.39 is 5.97 Å². The van der Waals surface area contributed by atoms with Gasteiger partial charge in [0.1, 0.15) is 17.3 Å². The number of rotatable bonds is 6. The fourth-order valence-electron chi connectivity index (χ4n) is 2.70. The number of benzene rings is 2. The molecule has 2 N–H and O–H groups in total. The van der Waals surface area contributed by atoms with Gasteiger partial charge in [-0.2, -0.15) is 0 Å². The summed E-state index contributed by atoms with van der Waals surface area (Å²) in [5.41, 5.74) is 2.31. The standard InChI is InChI=1S/C21H14BrN3O3S/c22-21-25-18(13-6-2-1-3-7-13)20(29-21)28-14-10-11-23-17(12-14)24-16-9-5-4-8-15(16)19(26)27/h1-12H,(H,23,24)(H,26,27). The number of anilines is 2. The summed E-state index contributed by atoms with van der Waals surface area (Å²) in [6, 6.07) is 19.9. The number of halogens is 1. The molecule has 0 aliphatic rings. The summed E-state index contributed by atoms with van der Waals surface area (Å²) in [4.78, 5) is 20.2. The van der Waals surface area contributed by atoms with Gasteiger partial charge in [-0.25, -0.2) is 14.8 Å². The molecule has 0 saturated carbocycles. The van der Waals surface area contributed by atoms with E-state index in [0.29, 0.717) is 26.2 Å². The molecule has 0 fully saturated rings. The molecule has 0 radical (unpaired) electrons. The van der Waals surface area contributed by atoms with Crippen LogP contribution in [0.1, 0.15) is 10.4 Å². The highest BCUT2D eigenvalue weighted by molar-refractivity contribution is 9.11. The van der Waals surface area contributed by atoms with E-state index in [1.54, 1.807) is 36.5 Å². The van der Waals surface area contributed by atoms with Gasteiger partial charge in [0.25, 0.3) is 0 Å². The molecule has 0 spiro atoms. The number of carbonyl (C=O) groups is 1. The molecule has 0 saturated heterocycles. The lowest BCUT2D eigenvalue weighted by molar-refractivity contribution is 0.0698. The van der Waals surface area contributed by atoms with Gasteiger partial charge in [0, 0.05) is 17.8 Å². The predicted molar refractivity (Wildman–Crippen MR) is 116 cm³/mol. The lowest BCUT2D eigenvalue weighted by atomic mass is 10.2. The van der Waals surface area contributed by atoms with Crippen LogP contribution in [0.3, 0.4) is 0 Å². The average Bonchev–Trinajstić information content (AvgIpc) is 3.09. The molecule has 2 aromatic carbocycles. The highest BCUT2D eigenvalue weighted by atomic mass is 79.9. The summed E-state index contributed by atoms with van der Waals surface area (Å²) in [6.45, 7) is 0. The van der Waals surface area contributed by atoms with Crippen molar-refractivity contribution in [2.45, 2.75) is 0 Å². The minimum Gasteiger partial charge on any atom is -0.478 e. The Morgan fingerprint density at radius 2 is 1.83 bits per heavy atom. The normalized spacial score (nSPS) is 10.5. The number of aromatic carboxylic acids is 1. The number of para-hydroxylation sites is 1. The lowest BCUT2D eigenvalue weighted by Gasteiger charge is -2.10. The first-order valence-electron chi connectivity index (χ1n) is 8.55. The molecule has 0 aliphatic carbocycles. The van der Waals surface area contributed by atoms with Crippen LogP contribution in [0.2, 0.25) is 0 Å². The zero-order valence-electron chi connectivity index (χ0n) is 14.9. The van der Waals surface area contributed by atoms with Crippen LogP contribution >= 0.6 is 27.3 Å². The number of thiazole rings is 1. The number of carboxylic acids is 1. The van der Waals surface area contributed by atoms with Gasteiger partial charge in [0.2, 0.25) is 5.06 Å². The van der Waals surface area contributed by atoms with E-state index in [1.165, 1.54) is 17.4 Å². The highest BCUT2D eigenvalue weighted by Crippen LogP contribution is 2.40. The van der Waals surface area contributed by atoms with Crippen LogP contribution in [0.5, 0.6) is 10.8 Å². The zero-order chi connectivity index (χ0) is 20.2. The van der Waals surface area contributed by atoms with Crippen molar-refractivity contribution in [3.8, 4) is 22.1 Å². The van der Waals surface area contributed by atoms with Crippen LogP contribution in [-0.2, 0) is 0 Å². The molecular formula is C21H14BrN3O3S. The first-order chi connectivity index (χ1) is 14.1. The second-order valence-electron chi connectivity index (χ2n) is 5.92. The largest absolute Gasteiger partial charge is 0.478 e. The Labute approximate surface area is 179 Å². The molecule has 4 aromatic rings. The van der Waals surface area contributed by atoms with Gasteiger partial charge in [-0.15, -0.1) is 0 Å². The van der Waals surface area contributed by atoms with Crippen LogP contribution in [0.15, 0.2) is 76.8 Å². The molecule has 2 heterocycles. The minimum absolute atomic E-state index is 0.165. The van der Waals surface area contributed by atoms with E-state index in [0.717, 1.165) is 11.3 Å². The topological polar surface area (TPSA) is 84.3 Å². The fourth-order valence-corrected chi connectivity index (χ4v) is 4.00. The van der Waals surface area contributed by atoms with Gasteiger partial charge in [-0.3, -0.25) is 0 Å². The Hall–Kier alpha value is -3.23. The van der Waals surface area contributed by atoms with E-state index in [-0.39, 0.29) is 5.56 Å². The van der Waals surface area contributed by atoms with E-state index in [2.05, 4.69) is 31.2 Å². The third-order valence-electron chi connectivity index (χ3n) is 3.98. The van der Waals surface area contributed by atoms with Gasteiger partial charge >= 0.3 is 5.97 Å². The number of hydrogen-bond donors (Lipinski definition) is 2. The summed E-state index contributed by atoms with van der Waals surface area (Å²) in [6.07, 6.45) is 1.60. The van der Waals surface area contributed by atoms with Gasteiger partial charge < -0.3 is 15.2 Å². The molecule has 4 rings (SSSR count). The second-order valence-corrected chi connectivity index (χ2v) is 8.16. The van der Waals surface area contributed by atoms with Gasteiger partial charge in [0.05, 0.1) is 11.3 Å². The lowest BCUT2D eigenvalue weighted by Crippen LogP contribution is -2.03. The van der Waals surface area contributed by atoms with Crippen molar-refractivity contribution < 1.29 is 14.6 Å². The van der Waals surface area contributed by atoms with E-state index in [4.69, 9.17) is 4.74 Å². The minimum atomic E-state index is -1.01. The van der Waals surface area contributed by atoms with Gasteiger partial charge in [-0.05, 0) is 34.1 Å². The van der Waals surface area contributed by atoms with Crippen molar-refractivity contribution in [3.63, 3.8) is 0 Å². The van der Waals surface area contributed by atoms with Crippen molar-refractivity contribution in [2.24, 2.45) is 0 Å². The van der Waals surface area contributed by atoms with E-state index in [9.17, 15) is 9.90 Å². The van der Waals surface area contributed by atoms with Crippen molar-refractivity contribution in [1.29, 1.82) is 0 Å². The highest BCUT2D eigenvalue weighted by Gasteiger charge is 2.15. The molecule has 6 nitrogen and oxygen atoms in total. The molecule has 29 heavy (non-hydrogen) atoms. The maximum atomic E-state index is 11.4. The van der Waals surface area contributed by atoms with E-state index >= 15 is 0 Å². The molecule has 0 unspecified atom stereocenters. The third kappa shape index (κ3) is 4.44. The maximum absolute atomic E-state index is 11.4. The van der Waals surface area contributed by atoms with Crippen LogP contribution < -0.4 is 10.1 Å². The Morgan fingerprint density at radius 3 is 2.62 bits per heavy atom. The number of carboxylic acid groups (broad SMARTS) is 1. The molecule has 0 bridgehead atoms. The Morgan fingerprint density at radius 1 is 1.07 bits per heavy atom. The van der Waals surface area contributed by atoms with Crippen LogP contribution in [0.4, 0.5) is 11.5 Å². The summed E-state index contributed by atoms with van der Waals surface area (Å²) in [7, 11) is 0. The Balaban J connectivity index is 1.61. The van der Waals surface area contributed by atoms with Crippen molar-refractivity contribution in [2.75, 3.05) is 5.32 Å². The molecule has 8 heteroatoms. The zero-order valence-corrected chi connectivity index (χ0v) is 17.3. The van der Waals surface area contributed by atoms with Crippen molar-refractivity contribution in [3.05, 3.63) is 82.4 Å². The van der Waals surface area contributed by atoms with Crippen LogP contribution in [0, 0.1) is 0 Å². The van der Waals surface area contributed by atoms with Crippen molar-refractivity contribution in [1.82, 2.24) is 9.97 Å². The number of aromatic nitrogens is 2. The SMILES string of the molecule is O=C(O)c1ccccc1Nc1cc(Oc2sc(Br)nc2-c2ccccc2)ccn1. The second kappa shape index (κ2) is 8.42. The maximum Gasteiger partial charge on any atom is 0.337 e. The number of pyridine rings is 1. The summed E-state index contributed by atoms with van der Waals surface area (Å²) in [5.74, 6) is 0.0206. The Kier molecular flexibility index (Phi) is 5.55. The molecule has 0 atom stereocenters. The summed E-state index contributed by atoms with van der Waals surface area (Å²) in [5, 5.41) is 13.0. The fraction of sp³-hybridized carbons (Fsp3) is 0. The number of nitrogens with one attached hydrogen (secondary N) is 1. The van der Waals surface area contributed by atoms with Crippen LogP contribution in [-0.4, -0.2) is 21.0 Å². The molecule has 0 amide bonds. The van der Waals surface area contributed by atoms with E-state index in [1.807, 2.05) is 30.3 Å². The molecular weight excluding hydrogens is 454 g/mol. The number of hydrogen-bond acceptors (Lipinski definition) is 6. The number of ether oxygens (including phenoxy) is 1. The predicted octanol–water partition coefficient (Wildman–Crippen LogP) is 6.20. The molecule has 0 aliphatic heterocycles. The molecule has 2 aromatic heterocycles. The first-order valence-corrected chi connectivity index (χ1v) is 10.2. The van der Waals surface area contributed by atoms with Gasteiger partial charge in [0.15, 0.2) is 3.92 Å². The van der Waals surface area contributed by atoms with Crippen molar-refractivity contribution >= 4 is 44.7 Å². The smallest absolute Gasteiger partial charge is 0.337 e. The molecule has 144 valence electrons. The quantitative estimate of drug-likeness (QED) is 0.351. The summed E-state index contributed by atoms with van der Waals surface area (Å²) < 4.78 is 6.79. The average molecular weight is 468 g/mol.